The molecule has 1 atom stereocenters. The Kier molecular flexibility index (Phi) is 4.44. The van der Waals surface area contributed by atoms with Gasteiger partial charge in [0.05, 0.1) is 13.2 Å². The molecule has 0 bridgehead atoms. The third-order valence-corrected chi connectivity index (χ3v) is 4.48. The fraction of sp³-hybridized carbons (Fsp3) is 0.588. The minimum absolute atomic E-state index is 0.185. The number of nitrogens with one attached hydrogen (secondary N) is 1. The Labute approximate surface area is 126 Å². The lowest BCUT2D eigenvalue weighted by molar-refractivity contribution is -0.131. The van der Waals surface area contributed by atoms with Crippen LogP contribution in [0.4, 0.5) is 0 Å². The molecule has 4 nitrogen and oxygen atoms in total. The van der Waals surface area contributed by atoms with Gasteiger partial charge in [-0.3, -0.25) is 4.79 Å². The smallest absolute Gasteiger partial charge is 0.236 e. The largest absolute Gasteiger partial charge is 0.493 e. The summed E-state index contributed by atoms with van der Waals surface area (Å²) in [5.74, 6) is 1.24. The van der Waals surface area contributed by atoms with Crippen LogP contribution in [-0.4, -0.2) is 37.0 Å². The number of carbonyl (C=O) groups is 1. The average molecular weight is 288 g/mol. The molecule has 1 unspecified atom stereocenters. The van der Waals surface area contributed by atoms with Crippen LogP contribution in [0.1, 0.15) is 43.4 Å². The molecule has 21 heavy (non-hydrogen) atoms. The van der Waals surface area contributed by atoms with Crippen molar-refractivity contribution in [2.24, 2.45) is 0 Å². The molecule has 0 spiro atoms. The van der Waals surface area contributed by atoms with Crippen molar-refractivity contribution < 1.29 is 9.53 Å². The molecule has 1 saturated heterocycles. The van der Waals surface area contributed by atoms with Crippen molar-refractivity contribution in [3.8, 4) is 5.75 Å². The topological polar surface area (TPSA) is 41.6 Å². The van der Waals surface area contributed by atoms with Crippen molar-refractivity contribution in [3.05, 3.63) is 29.3 Å². The molecule has 0 saturated carbocycles. The van der Waals surface area contributed by atoms with Gasteiger partial charge in [0.2, 0.25) is 5.91 Å². The highest BCUT2D eigenvalue weighted by molar-refractivity contribution is 5.78. The van der Waals surface area contributed by atoms with Crippen LogP contribution in [0, 0.1) is 0 Å². The van der Waals surface area contributed by atoms with Gasteiger partial charge >= 0.3 is 0 Å². The van der Waals surface area contributed by atoms with E-state index in [0.717, 1.165) is 44.7 Å². The summed E-state index contributed by atoms with van der Waals surface area (Å²) in [7, 11) is 0. The van der Waals surface area contributed by atoms with Crippen LogP contribution in [0.3, 0.4) is 0 Å². The summed E-state index contributed by atoms with van der Waals surface area (Å²) >= 11 is 0. The van der Waals surface area contributed by atoms with Crippen molar-refractivity contribution in [2.45, 2.75) is 38.6 Å². The molecule has 1 aromatic rings. The van der Waals surface area contributed by atoms with Gasteiger partial charge in [0, 0.05) is 25.6 Å². The lowest BCUT2D eigenvalue weighted by Crippen LogP contribution is -2.41. The molecule has 1 amide bonds. The maximum absolute atomic E-state index is 12.2. The number of benzene rings is 1. The number of hydrogen-bond donors (Lipinski definition) is 1. The van der Waals surface area contributed by atoms with Crippen molar-refractivity contribution >= 4 is 5.91 Å². The van der Waals surface area contributed by atoms with E-state index in [1.807, 2.05) is 11.0 Å². The maximum Gasteiger partial charge on any atom is 0.236 e. The van der Waals surface area contributed by atoms with Gasteiger partial charge in [-0.05, 0) is 43.4 Å². The van der Waals surface area contributed by atoms with Gasteiger partial charge < -0.3 is 15.0 Å². The molecule has 4 heteroatoms. The van der Waals surface area contributed by atoms with Crippen molar-refractivity contribution in [3.63, 3.8) is 0 Å². The molecular formula is C17H24N2O2. The molecule has 3 rings (SSSR count). The molecule has 2 aliphatic heterocycles. The van der Waals surface area contributed by atoms with Gasteiger partial charge in [-0.2, -0.15) is 0 Å². The second-order valence-corrected chi connectivity index (χ2v) is 6.01. The van der Waals surface area contributed by atoms with Crippen LogP contribution in [0.5, 0.6) is 5.75 Å². The van der Waals surface area contributed by atoms with Crippen LogP contribution >= 0.6 is 0 Å². The Hall–Kier alpha value is -1.55. The molecule has 2 aliphatic rings. The van der Waals surface area contributed by atoms with Crippen molar-refractivity contribution in [1.29, 1.82) is 0 Å². The standard InChI is InChI=1S/C17H24N2O2/c1-13(14-5-6-16-15(11-14)7-10-21-16)18-12-17(20)19-8-3-2-4-9-19/h5-6,11,13,18H,2-4,7-10,12H2,1H3. The van der Waals surface area contributed by atoms with Gasteiger partial charge in [0.15, 0.2) is 0 Å². The Morgan fingerprint density at radius 2 is 2.14 bits per heavy atom. The van der Waals surface area contributed by atoms with E-state index in [-0.39, 0.29) is 11.9 Å². The molecule has 0 aliphatic carbocycles. The first-order chi connectivity index (χ1) is 10.2. The first-order valence-corrected chi connectivity index (χ1v) is 8.01. The number of likely N-dealkylation sites (tertiary alicyclic amines) is 1. The number of amides is 1. The number of fused-ring (bicyclic) bond motifs is 1. The fourth-order valence-corrected chi connectivity index (χ4v) is 3.09. The monoisotopic (exact) mass is 288 g/mol. The lowest BCUT2D eigenvalue weighted by Gasteiger charge is -2.27. The van der Waals surface area contributed by atoms with E-state index in [9.17, 15) is 4.79 Å². The summed E-state index contributed by atoms with van der Waals surface area (Å²) in [6.07, 6.45) is 4.53. The Morgan fingerprint density at radius 3 is 2.95 bits per heavy atom. The molecule has 1 fully saturated rings. The highest BCUT2D eigenvalue weighted by atomic mass is 16.5. The first kappa shape index (κ1) is 14.4. The van der Waals surface area contributed by atoms with Crippen molar-refractivity contribution in [1.82, 2.24) is 10.2 Å². The van der Waals surface area contributed by atoms with Crippen LogP contribution in [-0.2, 0) is 11.2 Å². The summed E-state index contributed by atoms with van der Waals surface area (Å²) in [5.41, 5.74) is 2.51. The molecule has 0 aromatic heterocycles. The molecule has 1 N–H and O–H groups in total. The highest BCUT2D eigenvalue weighted by Gasteiger charge is 2.18. The number of ether oxygens (including phenoxy) is 1. The number of rotatable bonds is 4. The van der Waals surface area contributed by atoms with E-state index in [2.05, 4.69) is 24.4 Å². The average Bonchev–Trinajstić information content (AvgIpc) is 3.00. The minimum atomic E-state index is 0.185. The van der Waals surface area contributed by atoms with Crippen molar-refractivity contribution in [2.75, 3.05) is 26.2 Å². The van der Waals surface area contributed by atoms with Gasteiger partial charge in [0.1, 0.15) is 5.75 Å². The highest BCUT2D eigenvalue weighted by Crippen LogP contribution is 2.28. The Morgan fingerprint density at radius 1 is 1.33 bits per heavy atom. The van der Waals surface area contributed by atoms with Crippen LogP contribution in [0.2, 0.25) is 0 Å². The van der Waals surface area contributed by atoms with E-state index in [1.165, 1.54) is 17.5 Å². The lowest BCUT2D eigenvalue weighted by atomic mass is 10.0. The molecular weight excluding hydrogens is 264 g/mol. The van der Waals surface area contributed by atoms with Gasteiger partial charge in [-0.15, -0.1) is 0 Å². The summed E-state index contributed by atoms with van der Waals surface area (Å²) in [6.45, 7) is 5.17. The third-order valence-electron chi connectivity index (χ3n) is 4.48. The van der Waals surface area contributed by atoms with Gasteiger partial charge in [0.25, 0.3) is 0 Å². The second-order valence-electron chi connectivity index (χ2n) is 6.01. The first-order valence-electron chi connectivity index (χ1n) is 8.01. The van der Waals surface area contributed by atoms with Crippen LogP contribution < -0.4 is 10.1 Å². The molecule has 114 valence electrons. The fourth-order valence-electron chi connectivity index (χ4n) is 3.09. The van der Waals surface area contributed by atoms with Gasteiger partial charge in [-0.25, -0.2) is 0 Å². The normalized spacial score (nSPS) is 19.0. The van der Waals surface area contributed by atoms with Gasteiger partial charge in [-0.1, -0.05) is 12.1 Å². The van der Waals surface area contributed by atoms with E-state index in [4.69, 9.17) is 4.74 Å². The number of nitrogens with zero attached hydrogens (tertiary/aromatic N) is 1. The Balaban J connectivity index is 1.54. The summed E-state index contributed by atoms with van der Waals surface area (Å²) in [5, 5.41) is 3.36. The van der Waals surface area contributed by atoms with E-state index in [1.54, 1.807) is 0 Å². The van der Waals surface area contributed by atoms with Crippen LogP contribution in [0.25, 0.3) is 0 Å². The number of piperidine rings is 1. The molecule has 0 radical (unpaired) electrons. The van der Waals surface area contributed by atoms with E-state index < -0.39 is 0 Å². The van der Waals surface area contributed by atoms with E-state index >= 15 is 0 Å². The zero-order valence-electron chi connectivity index (χ0n) is 12.7. The zero-order valence-corrected chi connectivity index (χ0v) is 12.7. The third kappa shape index (κ3) is 3.38. The number of carbonyl (C=O) groups excluding carboxylic acids is 1. The van der Waals surface area contributed by atoms with Crippen LogP contribution in [0.15, 0.2) is 18.2 Å². The maximum atomic E-state index is 12.2. The molecule has 1 aromatic carbocycles. The number of hydrogen-bond acceptors (Lipinski definition) is 3. The Bertz CT molecular complexity index is 510. The SMILES string of the molecule is CC(NCC(=O)N1CCCCC1)c1ccc2c(c1)CCO2. The predicted molar refractivity (Wildman–Crippen MR) is 82.5 cm³/mol. The summed E-state index contributed by atoms with van der Waals surface area (Å²) in [6, 6.07) is 6.52. The second kappa shape index (κ2) is 6.48. The summed E-state index contributed by atoms with van der Waals surface area (Å²) < 4.78 is 5.53. The minimum Gasteiger partial charge on any atom is -0.493 e. The molecule has 2 heterocycles. The quantitative estimate of drug-likeness (QED) is 0.924. The summed E-state index contributed by atoms with van der Waals surface area (Å²) in [4.78, 5) is 14.2. The van der Waals surface area contributed by atoms with E-state index in [0.29, 0.717) is 6.54 Å². The predicted octanol–water partition coefficient (Wildman–Crippen LogP) is 2.28. The zero-order chi connectivity index (χ0) is 14.7.